The van der Waals surface area contributed by atoms with E-state index in [1.807, 2.05) is 12.1 Å². The van der Waals surface area contributed by atoms with Crippen molar-refractivity contribution in [1.82, 2.24) is 5.32 Å². The van der Waals surface area contributed by atoms with E-state index in [4.69, 9.17) is 9.47 Å². The second-order valence-electron chi connectivity index (χ2n) is 5.10. The molecule has 1 aromatic rings. The fraction of sp³-hybridized carbons (Fsp3) is 0.647. The van der Waals surface area contributed by atoms with Gasteiger partial charge in [-0.15, -0.1) is 12.4 Å². The maximum absolute atomic E-state index is 5.42. The van der Waals surface area contributed by atoms with Crippen molar-refractivity contribution in [3.05, 3.63) is 23.8 Å². The molecule has 0 aromatic heterocycles. The first-order valence-corrected chi connectivity index (χ1v) is 7.74. The molecule has 0 fully saturated rings. The molecule has 0 aliphatic rings. The summed E-state index contributed by atoms with van der Waals surface area (Å²) in [6.07, 6.45) is 7.98. The summed E-state index contributed by atoms with van der Waals surface area (Å²) in [7, 11) is 3.36. The average Bonchev–Trinajstić information content (AvgIpc) is 2.49. The molecule has 0 bridgehead atoms. The van der Waals surface area contributed by atoms with E-state index in [1.165, 1.54) is 38.5 Å². The highest BCUT2D eigenvalue weighted by molar-refractivity contribution is 5.85. The third-order valence-electron chi connectivity index (χ3n) is 3.51. The molecule has 21 heavy (non-hydrogen) atoms. The molecule has 3 nitrogen and oxygen atoms in total. The monoisotopic (exact) mass is 315 g/mol. The van der Waals surface area contributed by atoms with Crippen molar-refractivity contribution in [3.8, 4) is 11.5 Å². The Hall–Kier alpha value is -0.930. The lowest BCUT2D eigenvalue weighted by atomic mass is 10.1. The fourth-order valence-corrected chi connectivity index (χ4v) is 2.35. The molecule has 0 saturated carbocycles. The van der Waals surface area contributed by atoms with Crippen LogP contribution in [0.5, 0.6) is 11.5 Å². The van der Waals surface area contributed by atoms with Gasteiger partial charge in [0.05, 0.1) is 14.2 Å². The van der Waals surface area contributed by atoms with Gasteiger partial charge in [-0.1, -0.05) is 51.2 Å². The van der Waals surface area contributed by atoms with Gasteiger partial charge in [-0.25, -0.2) is 0 Å². The van der Waals surface area contributed by atoms with Crippen molar-refractivity contribution in [2.24, 2.45) is 0 Å². The maximum atomic E-state index is 5.42. The zero-order chi connectivity index (χ0) is 14.6. The molecular formula is C17H30ClNO2. The molecule has 0 radical (unpaired) electrons. The van der Waals surface area contributed by atoms with E-state index in [-0.39, 0.29) is 12.4 Å². The number of hydrogen-bond donors (Lipinski definition) is 1. The van der Waals surface area contributed by atoms with Crippen LogP contribution in [-0.4, -0.2) is 20.8 Å². The molecule has 0 heterocycles. The fourth-order valence-electron chi connectivity index (χ4n) is 2.35. The highest BCUT2D eigenvalue weighted by Gasteiger charge is 2.08. The molecule has 0 unspecified atom stereocenters. The van der Waals surface area contributed by atoms with Gasteiger partial charge in [0, 0.05) is 12.1 Å². The molecule has 0 aliphatic carbocycles. The predicted octanol–water partition coefficient (Wildman–Crippen LogP) is 4.58. The van der Waals surface area contributed by atoms with Crippen LogP contribution in [-0.2, 0) is 6.54 Å². The third kappa shape index (κ3) is 7.58. The Kier molecular flexibility index (Phi) is 12.2. The summed E-state index contributed by atoms with van der Waals surface area (Å²) >= 11 is 0. The third-order valence-corrected chi connectivity index (χ3v) is 3.51. The minimum atomic E-state index is 0. The number of unbranched alkanes of at least 4 members (excludes halogenated alkanes) is 5. The number of ether oxygens (including phenoxy) is 2. The summed E-state index contributed by atoms with van der Waals surface area (Å²) in [4.78, 5) is 0. The van der Waals surface area contributed by atoms with Crippen LogP contribution in [0.4, 0.5) is 0 Å². The number of halogens is 1. The molecule has 0 atom stereocenters. The average molecular weight is 316 g/mol. The molecular weight excluding hydrogens is 286 g/mol. The Morgan fingerprint density at radius 2 is 1.67 bits per heavy atom. The summed E-state index contributed by atoms with van der Waals surface area (Å²) in [6, 6.07) is 6.01. The normalized spacial score (nSPS) is 10.0. The lowest BCUT2D eigenvalue weighted by Crippen LogP contribution is -2.15. The second-order valence-corrected chi connectivity index (χ2v) is 5.10. The summed E-state index contributed by atoms with van der Waals surface area (Å²) < 4.78 is 10.7. The first-order chi connectivity index (χ1) is 9.83. The van der Waals surface area contributed by atoms with Crippen molar-refractivity contribution in [2.45, 2.75) is 52.0 Å². The van der Waals surface area contributed by atoms with E-state index in [0.29, 0.717) is 0 Å². The summed E-state index contributed by atoms with van der Waals surface area (Å²) in [5, 5.41) is 3.48. The van der Waals surface area contributed by atoms with Gasteiger partial charge in [0.25, 0.3) is 0 Å². The second kappa shape index (κ2) is 12.8. The van der Waals surface area contributed by atoms with Gasteiger partial charge in [-0.05, 0) is 19.0 Å². The standard InChI is InChI=1S/C17H29NO2.ClH/c1-4-5-6-7-8-9-13-18-14-15-11-10-12-16(19-2)17(15)20-3;/h10-12,18H,4-9,13-14H2,1-3H3;1H. The Bertz CT molecular complexity index is 372. The van der Waals surface area contributed by atoms with Crippen molar-refractivity contribution >= 4 is 12.4 Å². The van der Waals surface area contributed by atoms with Crippen LogP contribution in [0, 0.1) is 0 Å². The zero-order valence-electron chi connectivity index (χ0n) is 13.6. The SMILES string of the molecule is CCCCCCCCNCc1cccc(OC)c1OC.Cl. The molecule has 0 aliphatic heterocycles. The highest BCUT2D eigenvalue weighted by Crippen LogP contribution is 2.30. The van der Waals surface area contributed by atoms with Crippen LogP contribution in [0.25, 0.3) is 0 Å². The summed E-state index contributed by atoms with van der Waals surface area (Å²) in [5.74, 6) is 1.64. The quantitative estimate of drug-likeness (QED) is 0.606. The number of rotatable bonds is 11. The Labute approximate surface area is 135 Å². The summed E-state index contributed by atoms with van der Waals surface area (Å²) in [6.45, 7) is 4.14. The lowest BCUT2D eigenvalue weighted by molar-refractivity contribution is 0.350. The van der Waals surface area contributed by atoms with Crippen LogP contribution in [0.15, 0.2) is 18.2 Å². The Morgan fingerprint density at radius 3 is 2.33 bits per heavy atom. The Morgan fingerprint density at radius 1 is 0.952 bits per heavy atom. The molecule has 4 heteroatoms. The van der Waals surface area contributed by atoms with E-state index in [2.05, 4.69) is 18.3 Å². The van der Waals surface area contributed by atoms with Gasteiger partial charge in [0.2, 0.25) is 0 Å². The topological polar surface area (TPSA) is 30.5 Å². The van der Waals surface area contributed by atoms with Crippen LogP contribution in [0.1, 0.15) is 51.0 Å². The first-order valence-electron chi connectivity index (χ1n) is 7.74. The van der Waals surface area contributed by atoms with Crippen molar-refractivity contribution < 1.29 is 9.47 Å². The van der Waals surface area contributed by atoms with Gasteiger partial charge < -0.3 is 14.8 Å². The van der Waals surface area contributed by atoms with Gasteiger partial charge in [0.15, 0.2) is 11.5 Å². The van der Waals surface area contributed by atoms with Crippen LogP contribution in [0.3, 0.4) is 0 Å². The van der Waals surface area contributed by atoms with Gasteiger partial charge >= 0.3 is 0 Å². The smallest absolute Gasteiger partial charge is 0.165 e. The number of benzene rings is 1. The van der Waals surface area contributed by atoms with E-state index < -0.39 is 0 Å². The molecule has 1 N–H and O–H groups in total. The van der Waals surface area contributed by atoms with Gasteiger partial charge in [-0.2, -0.15) is 0 Å². The molecule has 1 aromatic carbocycles. The molecule has 1 rings (SSSR count). The van der Waals surface area contributed by atoms with Crippen LogP contribution < -0.4 is 14.8 Å². The van der Waals surface area contributed by atoms with E-state index in [9.17, 15) is 0 Å². The van der Waals surface area contributed by atoms with Crippen molar-refractivity contribution in [3.63, 3.8) is 0 Å². The molecule has 0 amide bonds. The number of para-hydroxylation sites is 1. The minimum absolute atomic E-state index is 0. The van der Waals surface area contributed by atoms with Crippen molar-refractivity contribution in [2.75, 3.05) is 20.8 Å². The maximum Gasteiger partial charge on any atom is 0.165 e. The summed E-state index contributed by atoms with van der Waals surface area (Å²) in [5.41, 5.74) is 1.15. The molecule has 0 spiro atoms. The van der Waals surface area contributed by atoms with Crippen LogP contribution >= 0.6 is 12.4 Å². The van der Waals surface area contributed by atoms with Crippen molar-refractivity contribution in [1.29, 1.82) is 0 Å². The number of hydrogen-bond acceptors (Lipinski definition) is 3. The first kappa shape index (κ1) is 20.1. The minimum Gasteiger partial charge on any atom is -0.493 e. The van der Waals surface area contributed by atoms with Gasteiger partial charge in [-0.3, -0.25) is 0 Å². The number of methoxy groups -OCH3 is 2. The van der Waals surface area contributed by atoms with E-state index in [1.54, 1.807) is 14.2 Å². The number of nitrogens with one attached hydrogen (secondary N) is 1. The van der Waals surface area contributed by atoms with Crippen LogP contribution in [0.2, 0.25) is 0 Å². The van der Waals surface area contributed by atoms with E-state index in [0.717, 1.165) is 30.2 Å². The highest BCUT2D eigenvalue weighted by atomic mass is 35.5. The lowest BCUT2D eigenvalue weighted by Gasteiger charge is -2.13. The zero-order valence-corrected chi connectivity index (χ0v) is 14.4. The largest absolute Gasteiger partial charge is 0.493 e. The predicted molar refractivity (Wildman–Crippen MR) is 91.9 cm³/mol. The Balaban J connectivity index is 0.00000400. The van der Waals surface area contributed by atoms with Gasteiger partial charge in [0.1, 0.15) is 0 Å². The molecule has 0 saturated heterocycles. The molecule has 122 valence electrons. The van der Waals surface area contributed by atoms with E-state index >= 15 is 0 Å².